The smallest absolute Gasteiger partial charge is 0.240 e. The molecule has 0 aromatic carbocycles. The molecular formula is C16H19N3O. The third-order valence-corrected chi connectivity index (χ3v) is 3.75. The molecule has 2 aromatic rings. The molecule has 2 aromatic heterocycles. The van der Waals surface area contributed by atoms with Crippen molar-refractivity contribution in [3.8, 4) is 0 Å². The zero-order chi connectivity index (χ0) is 13.9. The second-order valence-corrected chi connectivity index (χ2v) is 5.44. The van der Waals surface area contributed by atoms with E-state index in [1.54, 1.807) is 6.20 Å². The summed E-state index contributed by atoms with van der Waals surface area (Å²) in [6.45, 7) is 2.41. The predicted molar refractivity (Wildman–Crippen MR) is 77.0 cm³/mol. The van der Waals surface area contributed by atoms with E-state index in [4.69, 9.17) is 0 Å². The quantitative estimate of drug-likeness (QED) is 0.906. The maximum absolute atomic E-state index is 12.2. The third-order valence-electron chi connectivity index (χ3n) is 3.75. The second kappa shape index (κ2) is 5.49. The minimum atomic E-state index is 0.0446. The average molecular weight is 269 g/mol. The maximum Gasteiger partial charge on any atom is 0.240 e. The van der Waals surface area contributed by atoms with Crippen LogP contribution in [0.1, 0.15) is 30.1 Å². The molecule has 1 amide bonds. The Morgan fingerprint density at radius 2 is 2.15 bits per heavy atom. The SMILES string of the molecule is Cc1cccnc1[C@@H](NC(=O)Cn1cccc1)C1CC1. The van der Waals surface area contributed by atoms with E-state index in [0.29, 0.717) is 12.5 Å². The molecule has 1 fully saturated rings. The molecule has 0 radical (unpaired) electrons. The van der Waals surface area contributed by atoms with Gasteiger partial charge in [-0.1, -0.05) is 6.07 Å². The molecule has 4 nitrogen and oxygen atoms in total. The number of amides is 1. The van der Waals surface area contributed by atoms with E-state index < -0.39 is 0 Å². The highest BCUT2D eigenvalue weighted by molar-refractivity contribution is 5.76. The van der Waals surface area contributed by atoms with Crippen LogP contribution in [0.15, 0.2) is 42.9 Å². The minimum Gasteiger partial charge on any atom is -0.346 e. The van der Waals surface area contributed by atoms with Crippen molar-refractivity contribution in [3.05, 3.63) is 54.1 Å². The molecule has 0 bridgehead atoms. The summed E-state index contributed by atoms with van der Waals surface area (Å²) >= 11 is 0. The van der Waals surface area contributed by atoms with Gasteiger partial charge in [0.1, 0.15) is 6.54 Å². The van der Waals surface area contributed by atoms with Crippen LogP contribution < -0.4 is 5.32 Å². The number of aryl methyl sites for hydroxylation is 1. The Hall–Kier alpha value is -2.10. The number of rotatable bonds is 5. The Kier molecular flexibility index (Phi) is 3.54. The predicted octanol–water partition coefficient (Wildman–Crippen LogP) is 2.46. The maximum atomic E-state index is 12.2. The van der Waals surface area contributed by atoms with Gasteiger partial charge in [0, 0.05) is 18.6 Å². The van der Waals surface area contributed by atoms with Gasteiger partial charge in [0.05, 0.1) is 11.7 Å². The van der Waals surface area contributed by atoms with Crippen molar-refractivity contribution in [2.24, 2.45) is 5.92 Å². The van der Waals surface area contributed by atoms with Gasteiger partial charge in [0.25, 0.3) is 0 Å². The van der Waals surface area contributed by atoms with Gasteiger partial charge in [0.15, 0.2) is 0 Å². The third kappa shape index (κ3) is 2.90. The number of hydrogen-bond acceptors (Lipinski definition) is 2. The Morgan fingerprint density at radius 3 is 2.80 bits per heavy atom. The fraction of sp³-hybridized carbons (Fsp3) is 0.375. The van der Waals surface area contributed by atoms with Gasteiger partial charge in [-0.25, -0.2) is 0 Å². The fourth-order valence-electron chi connectivity index (χ4n) is 2.52. The van der Waals surface area contributed by atoms with E-state index in [1.807, 2.05) is 35.2 Å². The largest absolute Gasteiger partial charge is 0.346 e. The van der Waals surface area contributed by atoms with Crippen molar-refractivity contribution in [3.63, 3.8) is 0 Å². The van der Waals surface area contributed by atoms with Crippen molar-refractivity contribution >= 4 is 5.91 Å². The number of nitrogens with one attached hydrogen (secondary N) is 1. The molecule has 0 aliphatic heterocycles. The first kappa shape index (κ1) is 12.9. The first-order valence-corrected chi connectivity index (χ1v) is 7.05. The van der Waals surface area contributed by atoms with Gasteiger partial charge < -0.3 is 9.88 Å². The standard InChI is InChI=1S/C16H19N3O/c1-12-5-4-8-17-15(12)16(13-6-7-13)18-14(20)11-19-9-2-3-10-19/h2-5,8-10,13,16H,6-7,11H2,1H3,(H,18,20)/t16-/m0/s1. The summed E-state index contributed by atoms with van der Waals surface area (Å²) in [6, 6.07) is 7.89. The molecule has 1 saturated carbocycles. The van der Waals surface area contributed by atoms with Crippen molar-refractivity contribution in [2.75, 3.05) is 0 Å². The molecule has 1 aliphatic rings. The van der Waals surface area contributed by atoms with Crippen LogP contribution in [0.3, 0.4) is 0 Å². The highest BCUT2D eigenvalue weighted by Crippen LogP contribution is 2.41. The van der Waals surface area contributed by atoms with E-state index in [1.165, 1.54) is 12.8 Å². The van der Waals surface area contributed by atoms with Crippen LogP contribution >= 0.6 is 0 Å². The number of carbonyl (C=O) groups excluding carboxylic acids is 1. The van der Waals surface area contributed by atoms with E-state index in [0.717, 1.165) is 11.3 Å². The molecule has 3 rings (SSSR count). The number of pyridine rings is 1. The lowest BCUT2D eigenvalue weighted by Gasteiger charge is -2.19. The topological polar surface area (TPSA) is 46.9 Å². The lowest BCUT2D eigenvalue weighted by atomic mass is 10.0. The highest BCUT2D eigenvalue weighted by Gasteiger charge is 2.34. The first-order chi connectivity index (χ1) is 9.74. The van der Waals surface area contributed by atoms with E-state index in [-0.39, 0.29) is 11.9 Å². The van der Waals surface area contributed by atoms with Gasteiger partial charge in [-0.05, 0) is 49.4 Å². The van der Waals surface area contributed by atoms with Gasteiger partial charge >= 0.3 is 0 Å². The van der Waals surface area contributed by atoms with Crippen LogP contribution in [-0.4, -0.2) is 15.5 Å². The van der Waals surface area contributed by atoms with E-state index >= 15 is 0 Å². The number of nitrogens with zero attached hydrogens (tertiary/aromatic N) is 2. The van der Waals surface area contributed by atoms with Crippen LogP contribution in [0.2, 0.25) is 0 Å². The molecule has 104 valence electrons. The Bertz CT molecular complexity index is 588. The molecular weight excluding hydrogens is 250 g/mol. The van der Waals surface area contributed by atoms with Gasteiger partial charge in [-0.3, -0.25) is 9.78 Å². The zero-order valence-corrected chi connectivity index (χ0v) is 11.6. The van der Waals surface area contributed by atoms with Crippen LogP contribution in [0.4, 0.5) is 0 Å². The number of aromatic nitrogens is 2. The lowest BCUT2D eigenvalue weighted by Crippen LogP contribution is -2.33. The molecule has 0 spiro atoms. The molecule has 1 N–H and O–H groups in total. The second-order valence-electron chi connectivity index (χ2n) is 5.44. The average Bonchev–Trinajstić information content (AvgIpc) is 3.15. The molecule has 2 heterocycles. The zero-order valence-electron chi connectivity index (χ0n) is 11.6. The van der Waals surface area contributed by atoms with Gasteiger partial charge in [0.2, 0.25) is 5.91 Å². The van der Waals surface area contributed by atoms with Crippen LogP contribution in [0.25, 0.3) is 0 Å². The van der Waals surface area contributed by atoms with E-state index in [9.17, 15) is 4.79 Å². The van der Waals surface area contributed by atoms with E-state index in [2.05, 4.69) is 23.3 Å². The Morgan fingerprint density at radius 1 is 1.40 bits per heavy atom. The fourth-order valence-corrected chi connectivity index (χ4v) is 2.52. The van der Waals surface area contributed by atoms with Crippen molar-refractivity contribution < 1.29 is 4.79 Å². The highest BCUT2D eigenvalue weighted by atomic mass is 16.2. The summed E-state index contributed by atoms with van der Waals surface area (Å²) in [5.41, 5.74) is 2.15. The molecule has 4 heteroatoms. The lowest BCUT2D eigenvalue weighted by molar-refractivity contribution is -0.122. The summed E-state index contributed by atoms with van der Waals surface area (Å²) < 4.78 is 1.88. The van der Waals surface area contributed by atoms with Crippen molar-refractivity contribution in [1.29, 1.82) is 0 Å². The molecule has 1 aliphatic carbocycles. The summed E-state index contributed by atoms with van der Waals surface area (Å²) in [5.74, 6) is 0.584. The normalized spacial score (nSPS) is 15.8. The Balaban J connectivity index is 1.72. The van der Waals surface area contributed by atoms with Gasteiger partial charge in [-0.2, -0.15) is 0 Å². The molecule has 0 unspecified atom stereocenters. The first-order valence-electron chi connectivity index (χ1n) is 7.05. The van der Waals surface area contributed by atoms with Crippen molar-refractivity contribution in [1.82, 2.24) is 14.9 Å². The summed E-state index contributed by atoms with van der Waals surface area (Å²) in [4.78, 5) is 16.6. The summed E-state index contributed by atoms with van der Waals surface area (Å²) in [6.07, 6.45) is 7.94. The minimum absolute atomic E-state index is 0.0446. The summed E-state index contributed by atoms with van der Waals surface area (Å²) in [5, 5.41) is 3.15. The molecule has 20 heavy (non-hydrogen) atoms. The molecule has 1 atom stereocenters. The summed E-state index contributed by atoms with van der Waals surface area (Å²) in [7, 11) is 0. The van der Waals surface area contributed by atoms with Crippen LogP contribution in [-0.2, 0) is 11.3 Å². The van der Waals surface area contributed by atoms with Crippen LogP contribution in [0.5, 0.6) is 0 Å². The Labute approximate surface area is 118 Å². The number of carbonyl (C=O) groups is 1. The van der Waals surface area contributed by atoms with Gasteiger partial charge in [-0.15, -0.1) is 0 Å². The van der Waals surface area contributed by atoms with Crippen LogP contribution in [0, 0.1) is 12.8 Å². The monoisotopic (exact) mass is 269 g/mol. The number of hydrogen-bond donors (Lipinski definition) is 1. The van der Waals surface area contributed by atoms with Crippen molar-refractivity contribution in [2.45, 2.75) is 32.4 Å². The molecule has 0 saturated heterocycles.